The Balaban J connectivity index is 1.76. The summed E-state index contributed by atoms with van der Waals surface area (Å²) in [6.45, 7) is 1.87. The molecule has 21 heavy (non-hydrogen) atoms. The summed E-state index contributed by atoms with van der Waals surface area (Å²) in [7, 11) is 0. The molecule has 0 fully saturated rings. The number of nitrogens with one attached hydrogen (secondary N) is 1. The van der Waals surface area contributed by atoms with Gasteiger partial charge in [-0.15, -0.1) is 0 Å². The van der Waals surface area contributed by atoms with Crippen LogP contribution in [0.25, 0.3) is 0 Å². The summed E-state index contributed by atoms with van der Waals surface area (Å²) in [5.41, 5.74) is 1.55. The molecule has 0 spiro atoms. The maximum Gasteiger partial charge on any atom is 0.225 e. The van der Waals surface area contributed by atoms with Crippen molar-refractivity contribution < 1.29 is 9.59 Å². The topological polar surface area (TPSA) is 59.1 Å². The lowest BCUT2D eigenvalue weighted by atomic mass is 10.1. The van der Waals surface area contributed by atoms with E-state index in [1.807, 2.05) is 37.3 Å². The average Bonchev–Trinajstić information content (AvgIpc) is 2.48. The Morgan fingerprint density at radius 2 is 1.76 bits per heavy atom. The maximum absolute atomic E-state index is 11.9. The fraction of sp³-hybridized carbons (Fsp3) is 0.235. The van der Waals surface area contributed by atoms with E-state index in [4.69, 9.17) is 0 Å². The van der Waals surface area contributed by atoms with Crippen LogP contribution in [0.2, 0.25) is 0 Å². The van der Waals surface area contributed by atoms with Gasteiger partial charge in [0.15, 0.2) is 5.78 Å². The number of Topliss-reactive ketones (excluding diaryl/α,β-unsaturated/α-hetero) is 1. The summed E-state index contributed by atoms with van der Waals surface area (Å²) in [5.74, 6) is 0.500. The summed E-state index contributed by atoms with van der Waals surface area (Å²) in [5, 5.41) is 2.73. The molecule has 1 amide bonds. The Kier molecular flexibility index (Phi) is 5.21. The molecule has 1 N–H and O–H groups in total. The second-order valence-corrected chi connectivity index (χ2v) is 4.86. The number of anilines is 1. The number of aryl methyl sites for hydroxylation is 1. The van der Waals surface area contributed by atoms with Gasteiger partial charge in [-0.2, -0.15) is 0 Å². The Hall–Kier alpha value is -2.49. The van der Waals surface area contributed by atoms with Crippen molar-refractivity contribution in [3.63, 3.8) is 0 Å². The van der Waals surface area contributed by atoms with Gasteiger partial charge in [-0.1, -0.05) is 36.4 Å². The lowest BCUT2D eigenvalue weighted by molar-refractivity contribution is -0.116. The molecular weight excluding hydrogens is 264 g/mol. The Morgan fingerprint density at radius 1 is 1.00 bits per heavy atom. The van der Waals surface area contributed by atoms with Gasteiger partial charge in [-0.05, 0) is 25.5 Å². The molecule has 0 atom stereocenters. The molecule has 1 aromatic heterocycles. The van der Waals surface area contributed by atoms with Gasteiger partial charge in [0.25, 0.3) is 0 Å². The molecule has 0 unspecified atom stereocenters. The van der Waals surface area contributed by atoms with E-state index in [1.54, 1.807) is 18.2 Å². The summed E-state index contributed by atoms with van der Waals surface area (Å²) in [4.78, 5) is 27.9. The van der Waals surface area contributed by atoms with Gasteiger partial charge in [0.2, 0.25) is 5.91 Å². The fourth-order valence-electron chi connectivity index (χ4n) is 2.00. The summed E-state index contributed by atoms with van der Waals surface area (Å²) in [6, 6.07) is 14.6. The van der Waals surface area contributed by atoms with E-state index in [2.05, 4.69) is 10.3 Å². The largest absolute Gasteiger partial charge is 0.311 e. The van der Waals surface area contributed by atoms with Crippen LogP contribution in [0.5, 0.6) is 0 Å². The molecule has 0 aliphatic heterocycles. The predicted molar refractivity (Wildman–Crippen MR) is 82.2 cm³/mol. The van der Waals surface area contributed by atoms with Crippen LogP contribution in [-0.4, -0.2) is 16.7 Å². The van der Waals surface area contributed by atoms with Gasteiger partial charge < -0.3 is 5.32 Å². The van der Waals surface area contributed by atoms with Crippen molar-refractivity contribution in [3.8, 4) is 0 Å². The normalized spacial score (nSPS) is 10.1. The van der Waals surface area contributed by atoms with Crippen molar-refractivity contribution in [2.75, 3.05) is 5.32 Å². The molecule has 2 aromatic rings. The number of nitrogens with zero attached hydrogens (tertiary/aromatic N) is 1. The predicted octanol–water partition coefficient (Wildman–Crippen LogP) is 3.38. The minimum absolute atomic E-state index is 0.0667. The first-order valence-corrected chi connectivity index (χ1v) is 6.97. The molecular formula is C17H18N2O2. The van der Waals surface area contributed by atoms with Crippen LogP contribution in [0.15, 0.2) is 48.5 Å². The minimum atomic E-state index is -0.117. The van der Waals surface area contributed by atoms with Crippen LogP contribution in [0, 0.1) is 6.92 Å². The van der Waals surface area contributed by atoms with Crippen LogP contribution in [0.4, 0.5) is 5.82 Å². The van der Waals surface area contributed by atoms with Crippen LogP contribution in [0.1, 0.15) is 35.3 Å². The quantitative estimate of drug-likeness (QED) is 0.826. The van der Waals surface area contributed by atoms with Gasteiger partial charge in [0.05, 0.1) is 0 Å². The van der Waals surface area contributed by atoms with Crippen LogP contribution < -0.4 is 5.32 Å². The Bertz CT molecular complexity index is 624. The van der Waals surface area contributed by atoms with E-state index in [0.717, 1.165) is 5.69 Å². The summed E-state index contributed by atoms with van der Waals surface area (Å²) < 4.78 is 0. The molecule has 0 bridgehead atoms. The lowest BCUT2D eigenvalue weighted by Crippen LogP contribution is -2.13. The third kappa shape index (κ3) is 4.84. The molecule has 1 aromatic carbocycles. The maximum atomic E-state index is 11.9. The van der Waals surface area contributed by atoms with Crippen molar-refractivity contribution in [1.82, 2.24) is 4.98 Å². The molecule has 0 saturated carbocycles. The van der Waals surface area contributed by atoms with Crippen molar-refractivity contribution >= 4 is 17.5 Å². The molecule has 4 nitrogen and oxygen atoms in total. The standard InChI is InChI=1S/C17H18N2O2/c1-13-7-5-11-16(18-13)19-17(21)12-6-10-15(20)14-8-3-2-4-9-14/h2-5,7-9,11H,6,10,12H2,1H3,(H,18,19,21). The fourth-order valence-corrected chi connectivity index (χ4v) is 2.00. The molecule has 2 rings (SSSR count). The lowest BCUT2D eigenvalue weighted by Gasteiger charge is -2.05. The SMILES string of the molecule is Cc1cccc(NC(=O)CCCC(=O)c2ccccc2)n1. The zero-order valence-electron chi connectivity index (χ0n) is 12.0. The van der Waals surface area contributed by atoms with Crippen molar-refractivity contribution in [3.05, 3.63) is 59.8 Å². The van der Waals surface area contributed by atoms with E-state index < -0.39 is 0 Å². The van der Waals surface area contributed by atoms with Crippen LogP contribution in [0.3, 0.4) is 0 Å². The number of ketones is 1. The van der Waals surface area contributed by atoms with Crippen LogP contribution >= 0.6 is 0 Å². The van der Waals surface area contributed by atoms with Gasteiger partial charge >= 0.3 is 0 Å². The zero-order valence-corrected chi connectivity index (χ0v) is 12.0. The van der Waals surface area contributed by atoms with E-state index >= 15 is 0 Å². The van der Waals surface area contributed by atoms with E-state index in [1.165, 1.54) is 0 Å². The number of hydrogen-bond acceptors (Lipinski definition) is 3. The highest BCUT2D eigenvalue weighted by atomic mass is 16.1. The Labute approximate surface area is 124 Å². The molecule has 0 aliphatic carbocycles. The number of aromatic nitrogens is 1. The van der Waals surface area contributed by atoms with E-state index in [9.17, 15) is 9.59 Å². The highest BCUT2D eigenvalue weighted by Crippen LogP contribution is 2.09. The number of amides is 1. The molecule has 108 valence electrons. The Morgan fingerprint density at radius 3 is 2.48 bits per heavy atom. The summed E-state index contributed by atoms with van der Waals surface area (Å²) >= 11 is 0. The molecule has 0 radical (unpaired) electrons. The summed E-state index contributed by atoms with van der Waals surface area (Å²) in [6.07, 6.45) is 1.22. The van der Waals surface area contributed by atoms with Gasteiger partial charge in [0, 0.05) is 24.1 Å². The first kappa shape index (κ1) is 14.9. The number of pyridine rings is 1. The first-order valence-electron chi connectivity index (χ1n) is 6.97. The highest BCUT2D eigenvalue weighted by Gasteiger charge is 2.08. The second-order valence-electron chi connectivity index (χ2n) is 4.86. The highest BCUT2D eigenvalue weighted by molar-refractivity contribution is 5.96. The monoisotopic (exact) mass is 282 g/mol. The molecule has 4 heteroatoms. The second kappa shape index (κ2) is 7.33. The third-order valence-corrected chi connectivity index (χ3v) is 3.06. The number of carbonyl (C=O) groups is 2. The molecule has 0 aliphatic rings. The van der Waals surface area contributed by atoms with Gasteiger partial charge in [-0.25, -0.2) is 4.98 Å². The van der Waals surface area contributed by atoms with Crippen molar-refractivity contribution in [2.24, 2.45) is 0 Å². The average molecular weight is 282 g/mol. The number of rotatable bonds is 6. The number of carbonyl (C=O) groups excluding carboxylic acids is 2. The van der Waals surface area contributed by atoms with E-state index in [-0.39, 0.29) is 11.7 Å². The van der Waals surface area contributed by atoms with Crippen molar-refractivity contribution in [2.45, 2.75) is 26.2 Å². The van der Waals surface area contributed by atoms with E-state index in [0.29, 0.717) is 30.6 Å². The minimum Gasteiger partial charge on any atom is -0.311 e. The first-order chi connectivity index (χ1) is 10.1. The van der Waals surface area contributed by atoms with Gasteiger partial charge in [0.1, 0.15) is 5.82 Å². The van der Waals surface area contributed by atoms with Crippen molar-refractivity contribution in [1.29, 1.82) is 0 Å². The van der Waals surface area contributed by atoms with Gasteiger partial charge in [-0.3, -0.25) is 9.59 Å². The molecule has 1 heterocycles. The zero-order chi connectivity index (χ0) is 15.1. The smallest absolute Gasteiger partial charge is 0.225 e. The number of benzene rings is 1. The molecule has 0 saturated heterocycles. The number of hydrogen-bond donors (Lipinski definition) is 1. The van der Waals surface area contributed by atoms with Crippen LogP contribution in [-0.2, 0) is 4.79 Å². The third-order valence-electron chi connectivity index (χ3n) is 3.06.